The van der Waals surface area contributed by atoms with Crippen LogP contribution in [-0.2, 0) is 10.0 Å². The molecule has 6 nitrogen and oxygen atoms in total. The number of carbonyl (C=O) groups excluding carboxylic acids is 1. The first-order valence-electron chi connectivity index (χ1n) is 8.82. The Bertz CT molecular complexity index is 714. The zero-order valence-electron chi connectivity index (χ0n) is 15.5. The minimum absolute atomic E-state index is 0.0506. The van der Waals surface area contributed by atoms with E-state index >= 15 is 0 Å². The van der Waals surface area contributed by atoms with Crippen LogP contribution in [0.3, 0.4) is 0 Å². The van der Waals surface area contributed by atoms with Crippen LogP contribution in [0.25, 0.3) is 0 Å². The maximum absolute atomic E-state index is 12.9. The number of ether oxygens (including phenoxy) is 1. The topological polar surface area (TPSA) is 66.9 Å². The molecule has 0 aromatic heterocycles. The molecule has 1 aliphatic rings. The van der Waals surface area contributed by atoms with Gasteiger partial charge in [0.05, 0.1) is 7.11 Å². The average Bonchev–Trinajstić information content (AvgIpc) is 2.61. The van der Waals surface area contributed by atoms with Gasteiger partial charge >= 0.3 is 0 Å². The van der Waals surface area contributed by atoms with Crippen molar-refractivity contribution in [1.29, 1.82) is 0 Å². The molecule has 1 atom stereocenters. The number of nitrogens with zero attached hydrogens (tertiary/aromatic N) is 2. The van der Waals surface area contributed by atoms with Gasteiger partial charge in [-0.05, 0) is 37.0 Å². The van der Waals surface area contributed by atoms with Gasteiger partial charge in [-0.15, -0.1) is 0 Å². The third-order valence-corrected chi connectivity index (χ3v) is 6.75. The molecule has 1 aromatic carbocycles. The van der Waals surface area contributed by atoms with E-state index in [9.17, 15) is 13.2 Å². The van der Waals surface area contributed by atoms with E-state index in [1.165, 1.54) is 17.5 Å². The van der Waals surface area contributed by atoms with E-state index in [4.69, 9.17) is 4.74 Å². The third kappa shape index (κ3) is 4.15. The van der Waals surface area contributed by atoms with Gasteiger partial charge in [0, 0.05) is 31.7 Å². The van der Waals surface area contributed by atoms with Crippen LogP contribution < -0.4 is 4.74 Å². The van der Waals surface area contributed by atoms with Crippen LogP contribution in [0.5, 0.6) is 5.75 Å². The van der Waals surface area contributed by atoms with Gasteiger partial charge in [-0.1, -0.05) is 20.8 Å². The lowest BCUT2D eigenvalue weighted by atomic mass is 9.99. The number of benzene rings is 1. The monoisotopic (exact) mass is 368 g/mol. The SMILES string of the molecule is CCN(CC)S(=O)(=O)c1cc(C(=O)N2CCCC(C)C2)ccc1OC. The predicted molar refractivity (Wildman–Crippen MR) is 97.4 cm³/mol. The highest BCUT2D eigenvalue weighted by atomic mass is 32.2. The number of hydrogen-bond donors (Lipinski definition) is 0. The average molecular weight is 368 g/mol. The van der Waals surface area contributed by atoms with E-state index in [1.807, 2.05) is 4.90 Å². The van der Waals surface area contributed by atoms with Crippen LogP contribution in [0.4, 0.5) is 0 Å². The normalized spacial score (nSPS) is 18.4. The van der Waals surface area contributed by atoms with Crippen molar-refractivity contribution in [2.24, 2.45) is 5.92 Å². The molecule has 1 heterocycles. The quantitative estimate of drug-likeness (QED) is 0.774. The number of amides is 1. The molecule has 1 aliphatic heterocycles. The maximum Gasteiger partial charge on any atom is 0.253 e. The standard InChI is InChI=1S/C18H28N2O4S/c1-5-20(6-2)25(22,23)17-12-15(9-10-16(17)24-4)18(21)19-11-7-8-14(3)13-19/h9-10,12,14H,5-8,11,13H2,1-4H3. The Labute approximate surface area is 150 Å². The van der Waals surface area contributed by atoms with Gasteiger partial charge in [-0.2, -0.15) is 4.31 Å². The Morgan fingerprint density at radius 3 is 2.56 bits per heavy atom. The Hall–Kier alpha value is -1.60. The largest absolute Gasteiger partial charge is 0.495 e. The van der Waals surface area contributed by atoms with E-state index in [2.05, 4.69) is 6.92 Å². The number of rotatable bonds is 6. The summed E-state index contributed by atoms with van der Waals surface area (Å²) in [6, 6.07) is 4.66. The highest BCUT2D eigenvalue weighted by Gasteiger charge is 2.28. The second-order valence-corrected chi connectivity index (χ2v) is 8.36. The van der Waals surface area contributed by atoms with E-state index in [-0.39, 0.29) is 16.6 Å². The summed E-state index contributed by atoms with van der Waals surface area (Å²) < 4.78 is 32.4. The molecule has 0 saturated carbocycles. The van der Waals surface area contributed by atoms with Crippen molar-refractivity contribution in [2.75, 3.05) is 33.3 Å². The van der Waals surface area contributed by atoms with Crippen molar-refractivity contribution < 1.29 is 17.9 Å². The Morgan fingerprint density at radius 2 is 2.00 bits per heavy atom. The van der Waals surface area contributed by atoms with Crippen molar-refractivity contribution in [3.8, 4) is 5.75 Å². The van der Waals surface area contributed by atoms with Crippen LogP contribution in [-0.4, -0.2) is 56.8 Å². The third-order valence-electron chi connectivity index (χ3n) is 4.68. The molecule has 2 rings (SSSR count). The molecule has 0 spiro atoms. The fraction of sp³-hybridized carbons (Fsp3) is 0.611. The van der Waals surface area contributed by atoms with E-state index in [0.29, 0.717) is 37.7 Å². The summed E-state index contributed by atoms with van der Waals surface area (Å²) >= 11 is 0. The summed E-state index contributed by atoms with van der Waals surface area (Å²) in [5.74, 6) is 0.607. The van der Waals surface area contributed by atoms with Crippen molar-refractivity contribution in [1.82, 2.24) is 9.21 Å². The number of methoxy groups -OCH3 is 1. The molecule has 1 fully saturated rings. The Kier molecular flexibility index (Phi) is 6.46. The van der Waals surface area contributed by atoms with Crippen LogP contribution in [0.15, 0.2) is 23.1 Å². The molecule has 0 N–H and O–H groups in total. The molecular formula is C18H28N2O4S. The van der Waals surface area contributed by atoms with Gasteiger partial charge < -0.3 is 9.64 Å². The van der Waals surface area contributed by atoms with Crippen LogP contribution in [0, 0.1) is 5.92 Å². The lowest BCUT2D eigenvalue weighted by Gasteiger charge is -2.31. The van der Waals surface area contributed by atoms with E-state index in [0.717, 1.165) is 12.8 Å². The van der Waals surface area contributed by atoms with E-state index < -0.39 is 10.0 Å². The zero-order valence-corrected chi connectivity index (χ0v) is 16.3. The van der Waals surface area contributed by atoms with Gasteiger partial charge in [0.1, 0.15) is 10.6 Å². The Morgan fingerprint density at radius 1 is 1.32 bits per heavy atom. The van der Waals surface area contributed by atoms with Crippen LogP contribution in [0.1, 0.15) is 44.0 Å². The summed E-state index contributed by atoms with van der Waals surface area (Å²) in [6.07, 6.45) is 2.10. The fourth-order valence-electron chi connectivity index (χ4n) is 3.27. The number of likely N-dealkylation sites (tertiary alicyclic amines) is 1. The summed E-state index contributed by atoms with van der Waals surface area (Å²) in [5.41, 5.74) is 0.389. The number of piperidine rings is 1. The van der Waals surface area contributed by atoms with Gasteiger partial charge in [-0.3, -0.25) is 4.79 Å². The summed E-state index contributed by atoms with van der Waals surface area (Å²) in [5, 5.41) is 0. The van der Waals surface area contributed by atoms with Crippen molar-refractivity contribution in [2.45, 2.75) is 38.5 Å². The lowest BCUT2D eigenvalue weighted by Crippen LogP contribution is -2.39. The molecule has 1 saturated heterocycles. The molecule has 7 heteroatoms. The van der Waals surface area contributed by atoms with Gasteiger partial charge in [0.15, 0.2) is 0 Å². The minimum atomic E-state index is -3.70. The van der Waals surface area contributed by atoms with Gasteiger partial charge in [0.2, 0.25) is 10.0 Å². The van der Waals surface area contributed by atoms with Gasteiger partial charge in [0.25, 0.3) is 5.91 Å². The Balaban J connectivity index is 2.41. The molecule has 140 valence electrons. The van der Waals surface area contributed by atoms with Crippen molar-refractivity contribution in [3.63, 3.8) is 0 Å². The highest BCUT2D eigenvalue weighted by Crippen LogP contribution is 2.29. The molecule has 1 aromatic rings. The lowest BCUT2D eigenvalue weighted by molar-refractivity contribution is 0.0682. The first-order valence-corrected chi connectivity index (χ1v) is 10.3. The molecule has 25 heavy (non-hydrogen) atoms. The van der Waals surface area contributed by atoms with E-state index in [1.54, 1.807) is 26.0 Å². The molecular weight excluding hydrogens is 340 g/mol. The van der Waals surface area contributed by atoms with Crippen molar-refractivity contribution >= 4 is 15.9 Å². The predicted octanol–water partition coefficient (Wildman–Crippen LogP) is 2.60. The summed E-state index contributed by atoms with van der Waals surface area (Å²) in [6.45, 7) is 7.86. The molecule has 0 aliphatic carbocycles. The number of hydrogen-bond acceptors (Lipinski definition) is 4. The summed E-state index contributed by atoms with van der Waals surface area (Å²) in [7, 11) is -2.27. The summed E-state index contributed by atoms with van der Waals surface area (Å²) in [4.78, 5) is 14.7. The molecule has 0 radical (unpaired) electrons. The van der Waals surface area contributed by atoms with Crippen molar-refractivity contribution in [3.05, 3.63) is 23.8 Å². The second-order valence-electron chi connectivity index (χ2n) is 6.45. The maximum atomic E-state index is 12.9. The molecule has 1 amide bonds. The van der Waals surface area contributed by atoms with Gasteiger partial charge in [-0.25, -0.2) is 8.42 Å². The highest BCUT2D eigenvalue weighted by molar-refractivity contribution is 7.89. The molecule has 0 bridgehead atoms. The van der Waals surface area contributed by atoms with Crippen LogP contribution >= 0.6 is 0 Å². The van der Waals surface area contributed by atoms with Crippen LogP contribution in [0.2, 0.25) is 0 Å². The smallest absolute Gasteiger partial charge is 0.253 e. The first kappa shape index (κ1) is 19.7. The fourth-order valence-corrected chi connectivity index (χ4v) is 4.91. The minimum Gasteiger partial charge on any atom is -0.495 e. The number of sulfonamides is 1. The second kappa shape index (κ2) is 8.19. The first-order chi connectivity index (χ1) is 11.8. The molecule has 1 unspecified atom stereocenters. The zero-order chi connectivity index (χ0) is 18.6. The number of carbonyl (C=O) groups is 1.